The number of H-pyrrole nitrogens is 1. The Balaban J connectivity index is 1.28. The third kappa shape index (κ3) is 3.71. The van der Waals surface area contributed by atoms with Gasteiger partial charge < -0.3 is 9.51 Å². The van der Waals surface area contributed by atoms with E-state index in [0.717, 1.165) is 37.1 Å². The minimum atomic E-state index is -3.74. The van der Waals surface area contributed by atoms with Crippen molar-refractivity contribution in [1.29, 1.82) is 0 Å². The lowest BCUT2D eigenvalue weighted by Gasteiger charge is -2.16. The van der Waals surface area contributed by atoms with Crippen LogP contribution in [0, 0.1) is 0 Å². The number of aromatic nitrogens is 2. The summed E-state index contributed by atoms with van der Waals surface area (Å²) in [7, 11) is -3.74. The molecular weight excluding hydrogens is 400 g/mol. The van der Waals surface area contributed by atoms with E-state index in [0.29, 0.717) is 11.6 Å². The number of para-hydroxylation sites is 1. The summed E-state index contributed by atoms with van der Waals surface area (Å²) in [4.78, 5) is 5.79. The summed E-state index contributed by atoms with van der Waals surface area (Å²) in [5, 5.41) is 4.66. The quantitative estimate of drug-likeness (QED) is 0.491. The van der Waals surface area contributed by atoms with Crippen molar-refractivity contribution in [2.75, 3.05) is 17.8 Å². The predicted molar refractivity (Wildman–Crippen MR) is 115 cm³/mol. The summed E-state index contributed by atoms with van der Waals surface area (Å²) in [5.74, 6) is 0.367. The van der Waals surface area contributed by atoms with Gasteiger partial charge in [0.15, 0.2) is 0 Å². The van der Waals surface area contributed by atoms with Gasteiger partial charge in [0.2, 0.25) is 5.03 Å². The largest absolute Gasteiger partial charge is 0.363 e. The highest BCUT2D eigenvalue weighted by Gasteiger charge is 2.25. The topological polar surface area (TPSA) is 91.2 Å². The van der Waals surface area contributed by atoms with Gasteiger partial charge in [-0.25, -0.2) is 0 Å². The summed E-state index contributed by atoms with van der Waals surface area (Å²) in [6, 6.07) is 17.3. The maximum Gasteiger partial charge on any atom is 0.282 e. The van der Waals surface area contributed by atoms with E-state index in [9.17, 15) is 8.42 Å². The lowest BCUT2D eigenvalue weighted by molar-refractivity contribution is 0.328. The monoisotopic (exact) mass is 422 g/mol. The molecule has 0 spiro atoms. The average molecular weight is 423 g/mol. The normalized spacial score (nSPS) is 17.5. The zero-order valence-electron chi connectivity index (χ0n) is 16.3. The fourth-order valence-corrected chi connectivity index (χ4v) is 5.07. The summed E-state index contributed by atoms with van der Waals surface area (Å²) in [6.07, 6.45) is 4.38. The molecule has 2 N–H and O–H groups in total. The van der Waals surface area contributed by atoms with Crippen molar-refractivity contribution in [2.24, 2.45) is 0 Å². The molecule has 2 aromatic heterocycles. The Bertz CT molecular complexity index is 1260. The summed E-state index contributed by atoms with van der Waals surface area (Å²) < 4.78 is 32.0. The van der Waals surface area contributed by atoms with E-state index in [4.69, 9.17) is 0 Å². The van der Waals surface area contributed by atoms with Crippen molar-refractivity contribution >= 4 is 26.6 Å². The van der Waals surface area contributed by atoms with E-state index < -0.39 is 10.0 Å². The molecule has 1 saturated heterocycles. The van der Waals surface area contributed by atoms with Gasteiger partial charge in [0.1, 0.15) is 6.26 Å². The van der Waals surface area contributed by atoms with Crippen molar-refractivity contribution in [3.63, 3.8) is 0 Å². The first kappa shape index (κ1) is 18.9. The number of sulfonamides is 1. The first-order valence-electron chi connectivity index (χ1n) is 9.89. The van der Waals surface area contributed by atoms with Gasteiger partial charge in [0, 0.05) is 41.9 Å². The SMILES string of the molecule is O=S(=O)(Nc1cccc(C2CCN(Cc3c[nH]c4ccccc34)C2)c1)c1ccon1. The summed E-state index contributed by atoms with van der Waals surface area (Å²) >= 11 is 0. The van der Waals surface area contributed by atoms with E-state index >= 15 is 0 Å². The second kappa shape index (κ2) is 7.62. The second-order valence-corrected chi connectivity index (χ2v) is 9.28. The highest BCUT2D eigenvalue weighted by atomic mass is 32.2. The van der Waals surface area contributed by atoms with Crippen LogP contribution < -0.4 is 4.72 Å². The summed E-state index contributed by atoms with van der Waals surface area (Å²) in [5.41, 5.74) is 4.14. The highest BCUT2D eigenvalue weighted by Crippen LogP contribution is 2.31. The van der Waals surface area contributed by atoms with Gasteiger partial charge in [0.05, 0.1) is 0 Å². The molecule has 30 heavy (non-hydrogen) atoms. The molecule has 1 aliphatic rings. The fourth-order valence-electron chi connectivity index (χ4n) is 4.16. The zero-order valence-corrected chi connectivity index (χ0v) is 17.1. The number of fused-ring (bicyclic) bond motifs is 1. The molecule has 4 aromatic rings. The molecule has 8 heteroatoms. The molecule has 5 rings (SSSR count). The van der Waals surface area contributed by atoms with Crippen molar-refractivity contribution in [3.05, 3.63) is 78.2 Å². The molecule has 0 saturated carbocycles. The van der Waals surface area contributed by atoms with Gasteiger partial charge in [0.25, 0.3) is 10.0 Å². The number of likely N-dealkylation sites (tertiary alicyclic amines) is 1. The van der Waals surface area contributed by atoms with Crippen LogP contribution in [0.15, 0.2) is 76.6 Å². The van der Waals surface area contributed by atoms with Gasteiger partial charge in [-0.2, -0.15) is 8.42 Å². The van der Waals surface area contributed by atoms with Crippen LogP contribution >= 0.6 is 0 Å². The van der Waals surface area contributed by atoms with Crippen LogP contribution in [0.3, 0.4) is 0 Å². The van der Waals surface area contributed by atoms with E-state index in [1.165, 1.54) is 23.3 Å². The average Bonchev–Trinajstić information content (AvgIpc) is 3.50. The number of nitrogens with zero attached hydrogens (tertiary/aromatic N) is 2. The molecule has 1 aliphatic heterocycles. The Hall–Kier alpha value is -3.10. The molecule has 0 radical (unpaired) electrons. The Kier molecular flexibility index (Phi) is 4.80. The van der Waals surface area contributed by atoms with Crippen LogP contribution in [0.25, 0.3) is 10.9 Å². The molecular formula is C22H22N4O3S. The van der Waals surface area contributed by atoms with Crippen molar-refractivity contribution in [3.8, 4) is 0 Å². The molecule has 0 bridgehead atoms. The van der Waals surface area contributed by atoms with Crippen LogP contribution in [0.2, 0.25) is 0 Å². The highest BCUT2D eigenvalue weighted by molar-refractivity contribution is 7.92. The minimum Gasteiger partial charge on any atom is -0.363 e. The molecule has 7 nitrogen and oxygen atoms in total. The number of anilines is 1. The molecule has 1 atom stereocenters. The number of rotatable bonds is 6. The molecule has 0 aliphatic carbocycles. The van der Waals surface area contributed by atoms with E-state index in [-0.39, 0.29) is 5.03 Å². The zero-order chi connectivity index (χ0) is 20.6. The van der Waals surface area contributed by atoms with Crippen LogP contribution in [-0.4, -0.2) is 36.5 Å². The van der Waals surface area contributed by atoms with Crippen LogP contribution in [0.4, 0.5) is 5.69 Å². The van der Waals surface area contributed by atoms with E-state index in [1.807, 2.05) is 18.2 Å². The van der Waals surface area contributed by atoms with Gasteiger partial charge >= 0.3 is 0 Å². The predicted octanol–water partition coefficient (Wildman–Crippen LogP) is 3.95. The number of nitrogens with one attached hydrogen (secondary N) is 2. The lowest BCUT2D eigenvalue weighted by Crippen LogP contribution is -2.19. The molecule has 0 amide bonds. The number of hydrogen-bond donors (Lipinski definition) is 2. The lowest BCUT2D eigenvalue weighted by atomic mass is 9.98. The Labute approximate surface area is 174 Å². The van der Waals surface area contributed by atoms with Gasteiger partial charge in [-0.1, -0.05) is 35.5 Å². The smallest absolute Gasteiger partial charge is 0.282 e. The van der Waals surface area contributed by atoms with Crippen molar-refractivity contribution in [1.82, 2.24) is 15.0 Å². The Morgan fingerprint density at radius 3 is 2.93 bits per heavy atom. The number of benzene rings is 2. The van der Waals surface area contributed by atoms with Gasteiger partial charge in [-0.05, 0) is 48.2 Å². The maximum atomic E-state index is 12.4. The number of hydrogen-bond acceptors (Lipinski definition) is 5. The minimum absolute atomic E-state index is 0.126. The molecule has 1 unspecified atom stereocenters. The first-order valence-corrected chi connectivity index (χ1v) is 11.4. The van der Waals surface area contributed by atoms with E-state index in [2.05, 4.69) is 54.7 Å². The first-order chi connectivity index (χ1) is 14.6. The van der Waals surface area contributed by atoms with Crippen LogP contribution in [0.1, 0.15) is 23.5 Å². The van der Waals surface area contributed by atoms with Crippen LogP contribution in [-0.2, 0) is 16.6 Å². The molecule has 2 aromatic carbocycles. The standard InChI is InChI=1S/C22H22N4O3S/c27-30(28,22-9-11-29-24-22)25-19-5-3-4-16(12-19)17-8-10-26(14-17)15-18-13-23-21-7-2-1-6-20(18)21/h1-7,9,11-13,17,23,25H,8,10,14-15H2. The summed E-state index contributed by atoms with van der Waals surface area (Å²) in [6.45, 7) is 2.86. The van der Waals surface area contributed by atoms with Crippen molar-refractivity contribution < 1.29 is 12.9 Å². The molecule has 1 fully saturated rings. The number of aromatic amines is 1. The van der Waals surface area contributed by atoms with Crippen molar-refractivity contribution in [2.45, 2.75) is 23.9 Å². The second-order valence-electron chi connectivity index (χ2n) is 7.65. The Morgan fingerprint density at radius 1 is 1.17 bits per heavy atom. The van der Waals surface area contributed by atoms with Gasteiger partial charge in [-0.3, -0.25) is 9.62 Å². The van der Waals surface area contributed by atoms with Gasteiger partial charge in [-0.15, -0.1) is 0 Å². The van der Waals surface area contributed by atoms with E-state index in [1.54, 1.807) is 6.07 Å². The molecule has 154 valence electrons. The third-order valence-electron chi connectivity index (χ3n) is 5.64. The Morgan fingerprint density at radius 2 is 2.07 bits per heavy atom. The maximum absolute atomic E-state index is 12.4. The third-order valence-corrected chi connectivity index (χ3v) is 6.91. The van der Waals surface area contributed by atoms with Crippen LogP contribution in [0.5, 0.6) is 0 Å². The molecule has 3 heterocycles. The fraction of sp³-hybridized carbons (Fsp3) is 0.227.